The lowest BCUT2D eigenvalue weighted by atomic mass is 10.1. The van der Waals surface area contributed by atoms with Crippen molar-refractivity contribution >= 4 is 21.4 Å². The molecule has 1 N–H and O–H groups in total. The van der Waals surface area contributed by atoms with Crippen LogP contribution in [-0.2, 0) is 16.4 Å². The van der Waals surface area contributed by atoms with Crippen LogP contribution >= 0.6 is 0 Å². The Morgan fingerprint density at radius 1 is 1.12 bits per heavy atom. The van der Waals surface area contributed by atoms with Crippen molar-refractivity contribution in [1.29, 1.82) is 0 Å². The van der Waals surface area contributed by atoms with Gasteiger partial charge in [0.05, 0.1) is 21.1 Å². The molecule has 24 heavy (non-hydrogen) atoms. The van der Waals surface area contributed by atoms with Crippen molar-refractivity contribution in [1.82, 2.24) is 5.32 Å². The third-order valence-corrected chi connectivity index (χ3v) is 5.26. The summed E-state index contributed by atoms with van der Waals surface area (Å²) in [4.78, 5) is 22.7. The minimum Gasteiger partial charge on any atom is -0.348 e. The van der Waals surface area contributed by atoms with E-state index in [9.17, 15) is 23.3 Å². The van der Waals surface area contributed by atoms with Crippen molar-refractivity contribution in [3.63, 3.8) is 0 Å². The van der Waals surface area contributed by atoms with E-state index >= 15 is 0 Å². The van der Waals surface area contributed by atoms with E-state index in [0.29, 0.717) is 5.56 Å². The van der Waals surface area contributed by atoms with Crippen molar-refractivity contribution in [3.05, 3.63) is 69.8 Å². The van der Waals surface area contributed by atoms with Gasteiger partial charge < -0.3 is 5.32 Å². The molecule has 8 heteroatoms. The number of sulfone groups is 1. The molecule has 126 valence electrons. The standard InChI is InChI=1S/C16H16N2O5S/c1-2-24(22,23)15-10-6-4-8-13(15)16(19)17-11-12-7-3-5-9-14(12)18(20)21/h3-10H,2,11H2,1H3,(H,17,19). The first kappa shape index (κ1) is 17.6. The summed E-state index contributed by atoms with van der Waals surface area (Å²) in [6.45, 7) is 1.42. The average molecular weight is 348 g/mol. The maximum Gasteiger partial charge on any atom is 0.274 e. The first-order valence-corrected chi connectivity index (χ1v) is 8.84. The Balaban J connectivity index is 2.25. The first-order chi connectivity index (χ1) is 11.4. The molecule has 7 nitrogen and oxygen atoms in total. The molecule has 2 rings (SSSR count). The molecule has 0 aliphatic heterocycles. The van der Waals surface area contributed by atoms with Crippen molar-refractivity contribution in [3.8, 4) is 0 Å². The molecule has 0 radical (unpaired) electrons. The number of hydrogen-bond acceptors (Lipinski definition) is 5. The van der Waals surface area contributed by atoms with Gasteiger partial charge in [-0.15, -0.1) is 0 Å². The predicted molar refractivity (Wildman–Crippen MR) is 88.4 cm³/mol. The third kappa shape index (κ3) is 3.77. The molecular formula is C16H16N2O5S. The predicted octanol–water partition coefficient (Wildman–Crippen LogP) is 2.32. The Kier molecular flexibility index (Phi) is 5.30. The topological polar surface area (TPSA) is 106 Å². The maximum atomic E-state index is 12.3. The van der Waals surface area contributed by atoms with Crippen LogP contribution < -0.4 is 5.32 Å². The Morgan fingerprint density at radius 3 is 2.42 bits per heavy atom. The lowest BCUT2D eigenvalue weighted by Crippen LogP contribution is -2.25. The molecule has 2 aromatic carbocycles. The van der Waals surface area contributed by atoms with E-state index in [1.807, 2.05) is 0 Å². The van der Waals surface area contributed by atoms with Gasteiger partial charge >= 0.3 is 0 Å². The van der Waals surface area contributed by atoms with Crippen molar-refractivity contribution in [2.45, 2.75) is 18.4 Å². The summed E-state index contributed by atoms with van der Waals surface area (Å²) in [5.74, 6) is -0.720. The zero-order valence-corrected chi connectivity index (χ0v) is 13.7. The maximum absolute atomic E-state index is 12.3. The minimum absolute atomic E-state index is 0.0259. The van der Waals surface area contributed by atoms with Crippen LogP contribution in [0.5, 0.6) is 0 Å². The Morgan fingerprint density at radius 2 is 1.75 bits per heavy atom. The van der Waals surface area contributed by atoms with E-state index < -0.39 is 20.7 Å². The number of amides is 1. The van der Waals surface area contributed by atoms with Crippen LogP contribution in [0.25, 0.3) is 0 Å². The second-order valence-electron chi connectivity index (χ2n) is 4.97. The zero-order chi connectivity index (χ0) is 17.7. The van der Waals surface area contributed by atoms with Gasteiger partial charge in [0.2, 0.25) is 0 Å². The second-order valence-corrected chi connectivity index (χ2v) is 7.21. The molecular weight excluding hydrogens is 332 g/mol. The van der Waals surface area contributed by atoms with Crippen LogP contribution in [0.4, 0.5) is 5.69 Å². The van der Waals surface area contributed by atoms with Crippen molar-refractivity contribution in [2.24, 2.45) is 0 Å². The molecule has 0 atom stereocenters. The summed E-state index contributed by atoms with van der Waals surface area (Å²) in [5, 5.41) is 13.5. The number of carbonyl (C=O) groups is 1. The summed E-state index contributed by atoms with van der Waals surface area (Å²) in [6, 6.07) is 11.9. The Labute approximate surface area is 139 Å². The van der Waals surface area contributed by atoms with E-state index in [1.165, 1.54) is 37.3 Å². The zero-order valence-electron chi connectivity index (χ0n) is 12.9. The second kappa shape index (κ2) is 7.22. The summed E-state index contributed by atoms with van der Waals surface area (Å²) >= 11 is 0. The smallest absolute Gasteiger partial charge is 0.274 e. The number of nitrogens with one attached hydrogen (secondary N) is 1. The van der Waals surface area contributed by atoms with E-state index in [4.69, 9.17) is 0 Å². The fourth-order valence-electron chi connectivity index (χ4n) is 2.19. The van der Waals surface area contributed by atoms with E-state index in [-0.39, 0.29) is 28.4 Å². The van der Waals surface area contributed by atoms with Gasteiger partial charge in [-0.1, -0.05) is 37.3 Å². The summed E-state index contributed by atoms with van der Waals surface area (Å²) in [7, 11) is -3.55. The van der Waals surface area contributed by atoms with Gasteiger partial charge in [-0.3, -0.25) is 14.9 Å². The highest BCUT2D eigenvalue weighted by atomic mass is 32.2. The van der Waals surface area contributed by atoms with Gasteiger partial charge in [-0.25, -0.2) is 8.42 Å². The van der Waals surface area contributed by atoms with Gasteiger partial charge in [0.25, 0.3) is 11.6 Å². The lowest BCUT2D eigenvalue weighted by molar-refractivity contribution is -0.385. The molecule has 0 unspecified atom stereocenters. The summed E-state index contributed by atoms with van der Waals surface area (Å²) in [6.07, 6.45) is 0. The van der Waals surface area contributed by atoms with Crippen molar-refractivity contribution in [2.75, 3.05) is 5.75 Å². The summed E-state index contributed by atoms with van der Waals surface area (Å²) < 4.78 is 24.1. The molecule has 0 spiro atoms. The van der Waals surface area contributed by atoms with Crippen LogP contribution in [-0.4, -0.2) is 25.0 Å². The summed E-state index contributed by atoms with van der Waals surface area (Å²) in [5.41, 5.74) is 0.261. The number of nitrogens with zero attached hydrogens (tertiary/aromatic N) is 1. The normalized spacial score (nSPS) is 11.0. The van der Waals surface area contributed by atoms with Crippen LogP contribution in [0.15, 0.2) is 53.4 Å². The van der Waals surface area contributed by atoms with E-state index in [2.05, 4.69) is 5.32 Å². The number of rotatable bonds is 6. The fourth-order valence-corrected chi connectivity index (χ4v) is 3.28. The molecule has 0 bridgehead atoms. The van der Waals surface area contributed by atoms with Gasteiger partial charge in [-0.2, -0.15) is 0 Å². The number of carbonyl (C=O) groups excluding carboxylic acids is 1. The molecule has 0 saturated heterocycles. The third-order valence-electron chi connectivity index (χ3n) is 3.47. The highest BCUT2D eigenvalue weighted by Crippen LogP contribution is 2.19. The van der Waals surface area contributed by atoms with Crippen LogP contribution in [0, 0.1) is 10.1 Å². The van der Waals surface area contributed by atoms with Gasteiger partial charge in [0.15, 0.2) is 9.84 Å². The monoisotopic (exact) mass is 348 g/mol. The minimum atomic E-state index is -3.55. The van der Waals surface area contributed by atoms with Crippen LogP contribution in [0.2, 0.25) is 0 Å². The van der Waals surface area contributed by atoms with Gasteiger partial charge in [0.1, 0.15) is 0 Å². The molecule has 2 aromatic rings. The molecule has 0 saturated carbocycles. The fraction of sp³-hybridized carbons (Fsp3) is 0.188. The first-order valence-electron chi connectivity index (χ1n) is 7.19. The SMILES string of the molecule is CCS(=O)(=O)c1ccccc1C(=O)NCc1ccccc1[N+](=O)[O-]. The van der Waals surface area contributed by atoms with Crippen molar-refractivity contribution < 1.29 is 18.1 Å². The molecule has 0 aromatic heterocycles. The average Bonchev–Trinajstić information content (AvgIpc) is 2.59. The molecule has 0 aliphatic rings. The molecule has 0 aliphatic carbocycles. The number of nitro groups is 1. The highest BCUT2D eigenvalue weighted by molar-refractivity contribution is 7.91. The largest absolute Gasteiger partial charge is 0.348 e. The number of para-hydroxylation sites is 1. The molecule has 0 heterocycles. The van der Waals surface area contributed by atoms with E-state index in [1.54, 1.807) is 18.2 Å². The van der Waals surface area contributed by atoms with Crippen LogP contribution in [0.1, 0.15) is 22.8 Å². The Hall–Kier alpha value is -2.74. The molecule has 0 fully saturated rings. The quantitative estimate of drug-likeness (QED) is 0.637. The van der Waals surface area contributed by atoms with Gasteiger partial charge in [-0.05, 0) is 12.1 Å². The lowest BCUT2D eigenvalue weighted by Gasteiger charge is -2.10. The Bertz CT molecular complexity index is 878. The number of hydrogen-bond donors (Lipinski definition) is 1. The number of nitro benzene ring substituents is 1. The molecule has 1 amide bonds. The van der Waals surface area contributed by atoms with E-state index in [0.717, 1.165) is 0 Å². The highest BCUT2D eigenvalue weighted by Gasteiger charge is 2.21. The number of benzene rings is 2. The van der Waals surface area contributed by atoms with Crippen LogP contribution in [0.3, 0.4) is 0 Å². The van der Waals surface area contributed by atoms with Gasteiger partial charge in [0, 0.05) is 18.2 Å².